The number of carbonyl (C=O) groups is 1. The molecule has 1 aromatic rings. The Labute approximate surface area is 113 Å². The molecule has 19 heavy (non-hydrogen) atoms. The fraction of sp³-hybridized carbons (Fsp3) is 0.533. The summed E-state index contributed by atoms with van der Waals surface area (Å²) in [6, 6.07) is 5.35. The Bertz CT molecular complexity index is 480. The van der Waals surface area contributed by atoms with Crippen molar-refractivity contribution in [2.45, 2.75) is 31.7 Å². The fourth-order valence-corrected chi connectivity index (χ4v) is 3.06. The summed E-state index contributed by atoms with van der Waals surface area (Å²) < 4.78 is 5.58. The van der Waals surface area contributed by atoms with Crippen molar-refractivity contribution in [2.24, 2.45) is 0 Å². The van der Waals surface area contributed by atoms with E-state index in [4.69, 9.17) is 4.74 Å². The molecule has 3 rings (SSSR count). The molecule has 1 N–H and O–H groups in total. The molecule has 2 heterocycles. The van der Waals surface area contributed by atoms with Crippen molar-refractivity contribution >= 4 is 5.97 Å². The number of benzene rings is 1. The van der Waals surface area contributed by atoms with Crippen LogP contribution < -0.4 is 4.74 Å². The molecule has 102 valence electrons. The van der Waals surface area contributed by atoms with Gasteiger partial charge in [0.05, 0.1) is 6.61 Å². The van der Waals surface area contributed by atoms with Gasteiger partial charge in [0.15, 0.2) is 0 Å². The van der Waals surface area contributed by atoms with Gasteiger partial charge in [-0.1, -0.05) is 6.07 Å². The molecule has 1 saturated heterocycles. The first-order valence-corrected chi connectivity index (χ1v) is 6.98. The second-order valence-corrected chi connectivity index (χ2v) is 5.30. The van der Waals surface area contributed by atoms with Crippen LogP contribution >= 0.6 is 0 Å². The molecule has 0 aromatic heterocycles. The van der Waals surface area contributed by atoms with E-state index in [1.165, 1.54) is 0 Å². The van der Waals surface area contributed by atoms with Crippen LogP contribution in [0.2, 0.25) is 0 Å². The molecule has 0 spiro atoms. The minimum atomic E-state index is -0.751. The average molecular weight is 261 g/mol. The lowest BCUT2D eigenvalue weighted by Crippen LogP contribution is -2.31. The van der Waals surface area contributed by atoms with Gasteiger partial charge in [0.1, 0.15) is 11.8 Å². The summed E-state index contributed by atoms with van der Waals surface area (Å²) in [6.45, 7) is 2.52. The molecule has 0 saturated carbocycles. The minimum absolute atomic E-state index is 0.505. The second-order valence-electron chi connectivity index (χ2n) is 5.30. The van der Waals surface area contributed by atoms with Crippen molar-refractivity contribution in [2.75, 3.05) is 19.7 Å². The predicted octanol–water partition coefficient (Wildman–Crippen LogP) is 2.23. The molecule has 4 nitrogen and oxygen atoms in total. The van der Waals surface area contributed by atoms with Crippen LogP contribution in [-0.2, 0) is 11.2 Å². The van der Waals surface area contributed by atoms with Crippen LogP contribution in [0.4, 0.5) is 0 Å². The number of fused-ring (bicyclic) bond motifs is 1. The quantitative estimate of drug-likeness (QED) is 0.906. The number of carboxylic acids is 1. The molecule has 4 heteroatoms. The predicted molar refractivity (Wildman–Crippen MR) is 71.4 cm³/mol. The summed E-state index contributed by atoms with van der Waals surface area (Å²) in [4.78, 5) is 13.6. The summed E-state index contributed by atoms with van der Waals surface area (Å²) in [5.41, 5.74) is 2.04. The van der Waals surface area contributed by atoms with Crippen LogP contribution in [0, 0.1) is 0 Å². The van der Waals surface area contributed by atoms with E-state index in [0.29, 0.717) is 0 Å². The summed E-state index contributed by atoms with van der Waals surface area (Å²) >= 11 is 0. The highest BCUT2D eigenvalue weighted by atomic mass is 16.5. The Hall–Kier alpha value is -1.55. The normalized spacial score (nSPS) is 20.6. The lowest BCUT2D eigenvalue weighted by molar-refractivity contribution is -0.143. The van der Waals surface area contributed by atoms with Crippen LogP contribution in [-0.4, -0.2) is 35.7 Å². The van der Waals surface area contributed by atoms with Gasteiger partial charge in [-0.2, -0.15) is 0 Å². The number of aryl methyl sites for hydroxylation is 1. The van der Waals surface area contributed by atoms with E-state index >= 15 is 0 Å². The third-order valence-corrected chi connectivity index (χ3v) is 3.99. The van der Waals surface area contributed by atoms with Crippen LogP contribution in [0.1, 0.15) is 36.4 Å². The molecular formula is C15H19NO3. The van der Waals surface area contributed by atoms with Crippen LogP contribution in [0.3, 0.4) is 0 Å². The molecule has 0 radical (unpaired) electrons. The van der Waals surface area contributed by atoms with E-state index in [1.807, 2.05) is 18.2 Å². The van der Waals surface area contributed by atoms with Gasteiger partial charge >= 0.3 is 5.97 Å². The number of likely N-dealkylation sites (tertiary alicyclic amines) is 1. The lowest BCUT2D eigenvalue weighted by atomic mass is 9.98. The van der Waals surface area contributed by atoms with Gasteiger partial charge in [-0.3, -0.25) is 9.69 Å². The number of aliphatic carboxylic acids is 1. The molecular weight excluding hydrogens is 242 g/mol. The van der Waals surface area contributed by atoms with E-state index in [2.05, 4.69) is 4.90 Å². The molecule has 0 aliphatic carbocycles. The smallest absolute Gasteiger partial charge is 0.325 e. The topological polar surface area (TPSA) is 49.8 Å². The molecule has 1 aromatic carbocycles. The van der Waals surface area contributed by atoms with Gasteiger partial charge in [0, 0.05) is 0 Å². The number of carboxylic acid groups (broad SMARTS) is 1. The maximum atomic E-state index is 11.6. The highest BCUT2D eigenvalue weighted by Gasteiger charge is 2.30. The highest BCUT2D eigenvalue weighted by molar-refractivity contribution is 5.76. The van der Waals surface area contributed by atoms with Crippen molar-refractivity contribution in [3.63, 3.8) is 0 Å². The number of ether oxygens (including phenoxy) is 1. The van der Waals surface area contributed by atoms with Crippen molar-refractivity contribution in [1.82, 2.24) is 4.90 Å². The van der Waals surface area contributed by atoms with Crippen molar-refractivity contribution in [3.8, 4) is 5.75 Å². The number of rotatable bonds is 3. The monoisotopic (exact) mass is 261 g/mol. The Morgan fingerprint density at radius 2 is 2.05 bits per heavy atom. The number of hydrogen-bond donors (Lipinski definition) is 1. The van der Waals surface area contributed by atoms with Crippen LogP contribution in [0.15, 0.2) is 18.2 Å². The van der Waals surface area contributed by atoms with E-state index < -0.39 is 12.0 Å². The zero-order valence-corrected chi connectivity index (χ0v) is 11.0. The summed E-state index contributed by atoms with van der Waals surface area (Å²) in [5.74, 6) is 0.166. The fourth-order valence-electron chi connectivity index (χ4n) is 3.06. The SMILES string of the molecule is O=C(O)C(c1ccc2c(c1)CCCO2)N1CCCC1. The van der Waals surface area contributed by atoms with Gasteiger partial charge < -0.3 is 9.84 Å². The van der Waals surface area contributed by atoms with Crippen molar-refractivity contribution in [1.29, 1.82) is 0 Å². The van der Waals surface area contributed by atoms with E-state index in [-0.39, 0.29) is 0 Å². The van der Waals surface area contributed by atoms with Gasteiger partial charge in [-0.25, -0.2) is 0 Å². The molecule has 1 fully saturated rings. The maximum Gasteiger partial charge on any atom is 0.325 e. The van der Waals surface area contributed by atoms with Gasteiger partial charge in [-0.05, 0) is 62.0 Å². The summed E-state index contributed by atoms with van der Waals surface area (Å²) in [5, 5.41) is 9.52. The minimum Gasteiger partial charge on any atom is -0.493 e. The first-order chi connectivity index (χ1) is 9.25. The third kappa shape index (κ3) is 2.45. The van der Waals surface area contributed by atoms with Crippen LogP contribution in [0.25, 0.3) is 0 Å². The van der Waals surface area contributed by atoms with Gasteiger partial charge in [0.25, 0.3) is 0 Å². The summed E-state index contributed by atoms with van der Waals surface area (Å²) in [6.07, 6.45) is 4.18. The third-order valence-electron chi connectivity index (χ3n) is 3.99. The number of nitrogens with zero attached hydrogens (tertiary/aromatic N) is 1. The standard InChI is InChI=1S/C15H19NO3/c17-15(18)14(16-7-1-2-8-16)12-5-6-13-11(10-12)4-3-9-19-13/h5-6,10,14H,1-4,7-9H2,(H,17,18). The maximum absolute atomic E-state index is 11.6. The van der Waals surface area contributed by atoms with Gasteiger partial charge in [-0.15, -0.1) is 0 Å². The Balaban J connectivity index is 1.91. The first-order valence-electron chi connectivity index (χ1n) is 6.98. The zero-order chi connectivity index (χ0) is 13.2. The Kier molecular flexibility index (Phi) is 3.42. The lowest BCUT2D eigenvalue weighted by Gasteiger charge is -2.26. The Morgan fingerprint density at radius 3 is 2.79 bits per heavy atom. The molecule has 1 unspecified atom stereocenters. The average Bonchev–Trinajstić information content (AvgIpc) is 2.92. The van der Waals surface area contributed by atoms with E-state index in [0.717, 1.165) is 62.3 Å². The first kappa shape index (κ1) is 12.5. The molecule has 0 bridgehead atoms. The molecule has 2 aliphatic heterocycles. The largest absolute Gasteiger partial charge is 0.493 e. The van der Waals surface area contributed by atoms with Gasteiger partial charge in [0.2, 0.25) is 0 Å². The zero-order valence-electron chi connectivity index (χ0n) is 11.0. The number of hydrogen-bond acceptors (Lipinski definition) is 3. The van der Waals surface area contributed by atoms with E-state index in [9.17, 15) is 9.90 Å². The molecule has 0 amide bonds. The second kappa shape index (κ2) is 5.21. The molecule has 1 atom stereocenters. The highest BCUT2D eigenvalue weighted by Crippen LogP contribution is 2.31. The van der Waals surface area contributed by atoms with E-state index in [1.54, 1.807) is 0 Å². The van der Waals surface area contributed by atoms with Crippen LogP contribution in [0.5, 0.6) is 5.75 Å². The van der Waals surface area contributed by atoms with Crippen molar-refractivity contribution in [3.05, 3.63) is 29.3 Å². The van der Waals surface area contributed by atoms with Crippen molar-refractivity contribution < 1.29 is 14.6 Å². The Morgan fingerprint density at radius 1 is 1.26 bits per heavy atom. The summed E-state index contributed by atoms with van der Waals surface area (Å²) in [7, 11) is 0. The molecule has 2 aliphatic rings.